The van der Waals surface area contributed by atoms with E-state index < -0.39 is 21.8 Å². The van der Waals surface area contributed by atoms with E-state index in [-0.39, 0.29) is 12.0 Å². The molecule has 2 aliphatic rings. The van der Waals surface area contributed by atoms with Crippen LogP contribution in [0.3, 0.4) is 0 Å². The lowest BCUT2D eigenvalue weighted by Gasteiger charge is -2.40. The van der Waals surface area contributed by atoms with Gasteiger partial charge in [0.1, 0.15) is 5.82 Å². The van der Waals surface area contributed by atoms with E-state index in [4.69, 9.17) is 4.74 Å². The average Bonchev–Trinajstić information content (AvgIpc) is 2.84. The van der Waals surface area contributed by atoms with Crippen molar-refractivity contribution >= 4 is 15.8 Å². The molecule has 4 rings (SSSR count). The van der Waals surface area contributed by atoms with Crippen molar-refractivity contribution in [3.8, 4) is 0 Å². The van der Waals surface area contributed by atoms with Crippen LogP contribution in [0.2, 0.25) is 0 Å². The number of nitrogens with zero attached hydrogens (tertiary/aromatic N) is 2. The number of benzene rings is 1. The number of piperidine rings is 1. The Morgan fingerprint density at radius 1 is 1.03 bits per heavy atom. The van der Waals surface area contributed by atoms with Crippen LogP contribution in [0, 0.1) is 5.92 Å². The Hall–Kier alpha value is -2.10. The fourth-order valence-electron chi connectivity index (χ4n) is 4.92. The molecular weight excluding hydrogens is 448 g/mol. The molecule has 1 aromatic heterocycles. The van der Waals surface area contributed by atoms with E-state index in [0.29, 0.717) is 32.0 Å². The van der Waals surface area contributed by atoms with Crippen LogP contribution in [0.15, 0.2) is 54.7 Å². The maximum Gasteiger partial charge on any atom is 0.350 e. The summed E-state index contributed by atoms with van der Waals surface area (Å²) in [6, 6.07) is 15.5. The number of ether oxygens (including phenoxy) is 1. The summed E-state index contributed by atoms with van der Waals surface area (Å²) in [5.41, 5.74) is 1.36. The predicted octanol–water partition coefficient (Wildman–Crippen LogP) is 4.16. The van der Waals surface area contributed by atoms with E-state index in [0.717, 1.165) is 31.5 Å². The summed E-state index contributed by atoms with van der Waals surface area (Å²) in [6.45, 7) is 1.35. The van der Waals surface area contributed by atoms with Crippen molar-refractivity contribution in [1.82, 2.24) is 9.71 Å². The molecule has 6 nitrogen and oxygen atoms in total. The number of halogens is 2. The van der Waals surface area contributed by atoms with Gasteiger partial charge in [-0.05, 0) is 55.7 Å². The van der Waals surface area contributed by atoms with Crippen LogP contribution >= 0.6 is 0 Å². The van der Waals surface area contributed by atoms with Gasteiger partial charge in [0.15, 0.2) is 0 Å². The minimum Gasteiger partial charge on any atom is -0.378 e. The van der Waals surface area contributed by atoms with Crippen LogP contribution in [0.5, 0.6) is 0 Å². The molecular formula is C24H31F2N3O3S. The van der Waals surface area contributed by atoms with Gasteiger partial charge in [0.25, 0.3) is 10.0 Å². The molecule has 2 atom stereocenters. The van der Waals surface area contributed by atoms with Crippen molar-refractivity contribution in [2.24, 2.45) is 5.92 Å². The van der Waals surface area contributed by atoms with Crippen LogP contribution in [0.4, 0.5) is 14.6 Å². The number of hydrogen-bond donors (Lipinski definition) is 1. The van der Waals surface area contributed by atoms with Gasteiger partial charge in [-0.25, -0.2) is 18.1 Å². The Bertz CT molecular complexity index is 971. The zero-order valence-electron chi connectivity index (χ0n) is 18.5. The molecule has 180 valence electrons. The highest BCUT2D eigenvalue weighted by molar-refractivity contribution is 7.89. The number of alkyl halides is 2. The van der Waals surface area contributed by atoms with Crippen LogP contribution in [0.25, 0.3) is 0 Å². The van der Waals surface area contributed by atoms with E-state index in [1.165, 1.54) is 5.56 Å². The molecule has 1 aliphatic heterocycles. The second kappa shape index (κ2) is 10.9. The highest BCUT2D eigenvalue weighted by Gasteiger charge is 2.36. The quantitative estimate of drug-likeness (QED) is 0.616. The number of nitrogens with one attached hydrogen (secondary N) is 1. The molecule has 33 heavy (non-hydrogen) atoms. The van der Waals surface area contributed by atoms with E-state index >= 15 is 0 Å². The normalized spacial score (nSPS) is 26.5. The van der Waals surface area contributed by atoms with Gasteiger partial charge in [-0.3, -0.25) is 0 Å². The topological polar surface area (TPSA) is 71.5 Å². The van der Waals surface area contributed by atoms with Crippen LogP contribution in [0.1, 0.15) is 43.6 Å². The first kappa shape index (κ1) is 24.0. The third kappa shape index (κ3) is 6.28. The second-order valence-electron chi connectivity index (χ2n) is 8.93. The first-order valence-corrected chi connectivity index (χ1v) is 13.1. The lowest BCUT2D eigenvalue weighted by molar-refractivity contribution is -0.00227. The fraction of sp³-hybridized carbons (Fsp3) is 0.542. The average molecular weight is 480 g/mol. The third-order valence-electron chi connectivity index (χ3n) is 6.75. The number of sulfonamides is 1. The molecule has 1 unspecified atom stereocenters. The molecule has 0 spiro atoms. The number of anilines is 1. The second-order valence-corrected chi connectivity index (χ2v) is 10.6. The molecule has 0 bridgehead atoms. The van der Waals surface area contributed by atoms with Gasteiger partial charge in [0.2, 0.25) is 0 Å². The molecule has 1 aliphatic carbocycles. The van der Waals surface area contributed by atoms with Crippen LogP contribution in [-0.2, 0) is 14.8 Å². The number of aromatic nitrogens is 1. The molecule has 2 heterocycles. The van der Waals surface area contributed by atoms with Gasteiger partial charge in [-0.2, -0.15) is 8.78 Å². The number of pyridine rings is 1. The van der Waals surface area contributed by atoms with E-state index in [1.807, 2.05) is 24.3 Å². The summed E-state index contributed by atoms with van der Waals surface area (Å²) in [5, 5.41) is 0. The van der Waals surface area contributed by atoms with Crippen molar-refractivity contribution < 1.29 is 21.9 Å². The standard InChI is InChI=1S/C24H31F2N3O3S/c25-24(26)33(30,31)28-22-13-15-29(23-8-4-5-14-27-23)16-20(22)17-32-21-11-9-19(10-12-21)18-6-2-1-3-7-18/h1-8,14,19-22,24,28H,9-13,15-17H2/t19?,20?,21?,22-/m0/s1. The summed E-state index contributed by atoms with van der Waals surface area (Å²) in [6.07, 6.45) is 6.17. The highest BCUT2D eigenvalue weighted by atomic mass is 32.2. The fourth-order valence-corrected chi connectivity index (χ4v) is 5.75. The van der Waals surface area contributed by atoms with Crippen molar-refractivity contribution in [2.75, 3.05) is 24.6 Å². The summed E-state index contributed by atoms with van der Waals surface area (Å²) >= 11 is 0. The van der Waals surface area contributed by atoms with Gasteiger partial charge in [-0.15, -0.1) is 0 Å². The van der Waals surface area contributed by atoms with E-state index in [1.54, 1.807) is 6.20 Å². The van der Waals surface area contributed by atoms with Gasteiger partial charge in [0.05, 0.1) is 12.7 Å². The SMILES string of the molecule is O=S(=O)(N[C@H]1CCN(c2ccccn2)CC1COC1CCC(c2ccccc2)CC1)C(F)F. The lowest BCUT2D eigenvalue weighted by atomic mass is 9.82. The van der Waals surface area contributed by atoms with Crippen LogP contribution in [-0.4, -0.2) is 51.0 Å². The molecule has 1 saturated heterocycles. The van der Waals surface area contributed by atoms with E-state index in [9.17, 15) is 17.2 Å². The monoisotopic (exact) mass is 479 g/mol. The summed E-state index contributed by atoms with van der Waals surface area (Å²) in [7, 11) is -4.67. The first-order valence-electron chi connectivity index (χ1n) is 11.5. The molecule has 0 radical (unpaired) electrons. The molecule has 2 fully saturated rings. The molecule has 9 heteroatoms. The maximum absolute atomic E-state index is 13.0. The molecule has 0 amide bonds. The minimum absolute atomic E-state index is 0.0996. The zero-order chi connectivity index (χ0) is 23.3. The maximum atomic E-state index is 13.0. The summed E-state index contributed by atoms with van der Waals surface area (Å²) < 4.78 is 58.1. The number of hydrogen-bond acceptors (Lipinski definition) is 5. The Kier molecular flexibility index (Phi) is 7.93. The van der Waals surface area contributed by atoms with Crippen molar-refractivity contribution in [2.45, 2.75) is 55.9 Å². The van der Waals surface area contributed by atoms with Gasteiger partial charge < -0.3 is 9.64 Å². The largest absolute Gasteiger partial charge is 0.378 e. The highest BCUT2D eigenvalue weighted by Crippen LogP contribution is 2.34. The zero-order valence-corrected chi connectivity index (χ0v) is 19.3. The van der Waals surface area contributed by atoms with Gasteiger partial charge >= 0.3 is 5.76 Å². The smallest absolute Gasteiger partial charge is 0.350 e. The molecule has 1 saturated carbocycles. The molecule has 1 aromatic carbocycles. The van der Waals surface area contributed by atoms with E-state index in [2.05, 4.69) is 38.9 Å². The summed E-state index contributed by atoms with van der Waals surface area (Å²) in [5.74, 6) is -2.37. The summed E-state index contributed by atoms with van der Waals surface area (Å²) in [4.78, 5) is 6.44. The Morgan fingerprint density at radius 3 is 2.42 bits per heavy atom. The van der Waals surface area contributed by atoms with Crippen molar-refractivity contribution in [1.29, 1.82) is 0 Å². The third-order valence-corrected chi connectivity index (χ3v) is 7.85. The lowest BCUT2D eigenvalue weighted by Crippen LogP contribution is -2.53. The first-order chi connectivity index (χ1) is 15.9. The molecule has 1 N–H and O–H groups in total. The van der Waals surface area contributed by atoms with Crippen LogP contribution < -0.4 is 9.62 Å². The Balaban J connectivity index is 1.37. The molecule has 2 aromatic rings. The Morgan fingerprint density at radius 2 is 1.76 bits per heavy atom. The predicted molar refractivity (Wildman–Crippen MR) is 124 cm³/mol. The van der Waals surface area contributed by atoms with Crippen molar-refractivity contribution in [3.63, 3.8) is 0 Å². The van der Waals surface area contributed by atoms with Gasteiger partial charge in [0, 0.05) is 31.2 Å². The Labute approximate surface area is 194 Å². The van der Waals surface area contributed by atoms with Crippen molar-refractivity contribution in [3.05, 3.63) is 60.3 Å². The van der Waals surface area contributed by atoms with Gasteiger partial charge in [-0.1, -0.05) is 36.4 Å². The number of rotatable bonds is 8. The minimum atomic E-state index is -4.67.